The first-order chi connectivity index (χ1) is 8.68. The molecule has 0 aliphatic heterocycles. The molecule has 0 unspecified atom stereocenters. The molecule has 1 heteroatoms. The standard InChI is InChI=1S/C7H8.C6H7N.C4H8/c1-7-5-3-2-4-6-7;1-6-2-4-7-5-3-6;1-4-2-3-4/h2-6H,1H3;2-5H,1H3;4H,2-3H2,1H3. The monoisotopic (exact) mass is 241 g/mol. The zero-order valence-electron chi connectivity index (χ0n) is 11.6. The Morgan fingerprint density at radius 3 is 1.50 bits per heavy atom. The highest BCUT2D eigenvalue weighted by atomic mass is 14.6. The Kier molecular flexibility index (Phi) is 6.78. The summed E-state index contributed by atoms with van der Waals surface area (Å²) in [5.41, 5.74) is 2.58. The lowest BCUT2D eigenvalue weighted by atomic mass is 10.2. The highest BCUT2D eigenvalue weighted by molar-refractivity contribution is 5.11. The van der Waals surface area contributed by atoms with Gasteiger partial charge in [-0.25, -0.2) is 0 Å². The van der Waals surface area contributed by atoms with Gasteiger partial charge in [0.1, 0.15) is 0 Å². The van der Waals surface area contributed by atoms with Crippen molar-refractivity contribution in [2.45, 2.75) is 33.6 Å². The van der Waals surface area contributed by atoms with Crippen LogP contribution in [0.1, 0.15) is 30.9 Å². The fourth-order valence-corrected chi connectivity index (χ4v) is 1.13. The van der Waals surface area contributed by atoms with Crippen molar-refractivity contribution in [3.63, 3.8) is 0 Å². The molecule has 2 aromatic rings. The van der Waals surface area contributed by atoms with Gasteiger partial charge in [-0.15, -0.1) is 0 Å². The van der Waals surface area contributed by atoms with Gasteiger partial charge in [0.2, 0.25) is 0 Å². The van der Waals surface area contributed by atoms with Crippen molar-refractivity contribution in [2.75, 3.05) is 0 Å². The van der Waals surface area contributed by atoms with Gasteiger partial charge in [0, 0.05) is 12.4 Å². The van der Waals surface area contributed by atoms with Gasteiger partial charge >= 0.3 is 0 Å². The van der Waals surface area contributed by atoms with Crippen LogP contribution in [-0.4, -0.2) is 4.98 Å². The van der Waals surface area contributed by atoms with Gasteiger partial charge < -0.3 is 0 Å². The zero-order valence-corrected chi connectivity index (χ0v) is 11.6. The van der Waals surface area contributed by atoms with Crippen molar-refractivity contribution in [2.24, 2.45) is 5.92 Å². The van der Waals surface area contributed by atoms with Crippen molar-refractivity contribution in [1.82, 2.24) is 4.98 Å². The molecule has 0 amide bonds. The van der Waals surface area contributed by atoms with E-state index in [-0.39, 0.29) is 0 Å². The Balaban J connectivity index is 0.000000140. The molecule has 1 fully saturated rings. The van der Waals surface area contributed by atoms with Crippen LogP contribution in [0.5, 0.6) is 0 Å². The third-order valence-corrected chi connectivity index (χ3v) is 2.65. The lowest BCUT2D eigenvalue weighted by Gasteiger charge is -1.82. The van der Waals surface area contributed by atoms with Crippen LogP contribution in [0.25, 0.3) is 0 Å². The third kappa shape index (κ3) is 8.51. The van der Waals surface area contributed by atoms with E-state index in [9.17, 15) is 0 Å². The summed E-state index contributed by atoms with van der Waals surface area (Å²) in [6.45, 7) is 6.40. The first kappa shape index (κ1) is 14.4. The van der Waals surface area contributed by atoms with Gasteiger partial charge in [-0.1, -0.05) is 55.7 Å². The summed E-state index contributed by atoms with van der Waals surface area (Å²) < 4.78 is 0. The van der Waals surface area contributed by atoms with Gasteiger partial charge in [0.25, 0.3) is 0 Å². The van der Waals surface area contributed by atoms with Crippen LogP contribution in [0.4, 0.5) is 0 Å². The van der Waals surface area contributed by atoms with E-state index < -0.39 is 0 Å². The molecular weight excluding hydrogens is 218 g/mol. The minimum Gasteiger partial charge on any atom is -0.265 e. The summed E-state index contributed by atoms with van der Waals surface area (Å²) >= 11 is 0. The Labute approximate surface area is 111 Å². The van der Waals surface area contributed by atoms with Crippen LogP contribution < -0.4 is 0 Å². The second-order valence-corrected chi connectivity index (χ2v) is 4.86. The van der Waals surface area contributed by atoms with Crippen molar-refractivity contribution >= 4 is 0 Å². The maximum absolute atomic E-state index is 3.85. The molecule has 0 saturated heterocycles. The molecule has 0 N–H and O–H groups in total. The fourth-order valence-electron chi connectivity index (χ4n) is 1.13. The summed E-state index contributed by atoms with van der Waals surface area (Å²) in [5.74, 6) is 1.08. The number of nitrogens with zero attached hydrogens (tertiary/aromatic N) is 1. The van der Waals surface area contributed by atoms with Crippen LogP contribution in [0, 0.1) is 19.8 Å². The predicted octanol–water partition coefficient (Wildman–Crippen LogP) is 4.80. The Morgan fingerprint density at radius 2 is 1.28 bits per heavy atom. The van der Waals surface area contributed by atoms with E-state index in [0.29, 0.717) is 0 Å². The lowest BCUT2D eigenvalue weighted by molar-refractivity contribution is 0.983. The molecule has 1 aliphatic rings. The van der Waals surface area contributed by atoms with Crippen LogP contribution in [0.15, 0.2) is 54.9 Å². The van der Waals surface area contributed by atoms with E-state index in [4.69, 9.17) is 0 Å². The summed E-state index contributed by atoms with van der Waals surface area (Å²) in [7, 11) is 0. The van der Waals surface area contributed by atoms with Crippen molar-refractivity contribution in [3.05, 3.63) is 66.0 Å². The predicted molar refractivity (Wildman–Crippen MR) is 78.6 cm³/mol. The second kappa shape index (κ2) is 8.46. The van der Waals surface area contributed by atoms with Crippen molar-refractivity contribution < 1.29 is 0 Å². The quantitative estimate of drug-likeness (QED) is 0.645. The normalized spacial score (nSPS) is 12.6. The SMILES string of the molecule is CC1CC1.Cc1ccccc1.Cc1ccncc1. The number of aryl methyl sites for hydroxylation is 2. The largest absolute Gasteiger partial charge is 0.265 e. The lowest BCUT2D eigenvalue weighted by Crippen LogP contribution is -1.68. The van der Waals surface area contributed by atoms with Gasteiger partial charge in [-0.05, 0) is 37.5 Å². The molecule has 1 saturated carbocycles. The molecule has 96 valence electrons. The number of benzene rings is 1. The summed E-state index contributed by atoms with van der Waals surface area (Å²) in [5, 5.41) is 0. The Morgan fingerprint density at radius 1 is 0.833 bits per heavy atom. The number of rotatable bonds is 0. The third-order valence-electron chi connectivity index (χ3n) is 2.65. The molecule has 1 aliphatic carbocycles. The van der Waals surface area contributed by atoms with Crippen molar-refractivity contribution in [3.8, 4) is 0 Å². The molecule has 0 bridgehead atoms. The van der Waals surface area contributed by atoms with Crippen LogP contribution in [0.3, 0.4) is 0 Å². The number of aromatic nitrogens is 1. The van der Waals surface area contributed by atoms with Gasteiger partial charge in [-0.3, -0.25) is 4.98 Å². The maximum atomic E-state index is 3.85. The molecule has 18 heavy (non-hydrogen) atoms. The molecule has 0 radical (unpaired) electrons. The minimum atomic E-state index is 1.08. The summed E-state index contributed by atoms with van der Waals surface area (Å²) in [4.78, 5) is 3.85. The molecule has 0 spiro atoms. The fraction of sp³-hybridized carbons (Fsp3) is 0.353. The van der Waals surface area contributed by atoms with Crippen LogP contribution >= 0.6 is 0 Å². The Hall–Kier alpha value is -1.63. The van der Waals surface area contributed by atoms with E-state index >= 15 is 0 Å². The average molecular weight is 241 g/mol. The van der Waals surface area contributed by atoms with E-state index in [0.717, 1.165) is 5.92 Å². The van der Waals surface area contributed by atoms with Gasteiger partial charge in [0.15, 0.2) is 0 Å². The van der Waals surface area contributed by atoms with E-state index in [1.165, 1.54) is 24.0 Å². The highest BCUT2D eigenvalue weighted by Gasteiger charge is 2.12. The topological polar surface area (TPSA) is 12.9 Å². The van der Waals surface area contributed by atoms with Crippen LogP contribution in [0.2, 0.25) is 0 Å². The second-order valence-electron chi connectivity index (χ2n) is 4.86. The van der Waals surface area contributed by atoms with E-state index in [2.05, 4.69) is 31.0 Å². The molecule has 1 heterocycles. The van der Waals surface area contributed by atoms with Gasteiger partial charge in [-0.2, -0.15) is 0 Å². The zero-order chi connectivity index (χ0) is 13.2. The number of hydrogen-bond acceptors (Lipinski definition) is 1. The highest BCUT2D eigenvalue weighted by Crippen LogP contribution is 2.26. The van der Waals surface area contributed by atoms with Crippen LogP contribution in [-0.2, 0) is 0 Å². The smallest absolute Gasteiger partial charge is 0.0270 e. The Bertz CT molecular complexity index is 367. The number of pyridine rings is 1. The average Bonchev–Trinajstić information content (AvgIpc) is 3.15. The first-order valence-electron chi connectivity index (χ1n) is 6.56. The van der Waals surface area contributed by atoms with E-state index in [1.54, 1.807) is 12.4 Å². The maximum Gasteiger partial charge on any atom is 0.0270 e. The number of hydrogen-bond donors (Lipinski definition) is 0. The molecular formula is C17H23N. The molecule has 1 aromatic carbocycles. The summed E-state index contributed by atoms with van der Waals surface area (Å²) in [6.07, 6.45) is 6.55. The van der Waals surface area contributed by atoms with Gasteiger partial charge in [0.05, 0.1) is 0 Å². The molecule has 0 atom stereocenters. The molecule has 1 aromatic heterocycles. The van der Waals surface area contributed by atoms with E-state index in [1.807, 2.05) is 37.3 Å². The van der Waals surface area contributed by atoms with Crippen molar-refractivity contribution in [1.29, 1.82) is 0 Å². The molecule has 1 nitrogen and oxygen atoms in total. The first-order valence-corrected chi connectivity index (χ1v) is 6.56. The summed E-state index contributed by atoms with van der Waals surface area (Å²) in [6, 6.07) is 14.2. The minimum absolute atomic E-state index is 1.08. The molecule has 3 rings (SSSR count).